The third kappa shape index (κ3) is 3.69. The molecule has 0 aliphatic heterocycles. The summed E-state index contributed by atoms with van der Waals surface area (Å²) in [5.41, 5.74) is 0.657. The predicted molar refractivity (Wildman–Crippen MR) is 66.5 cm³/mol. The number of carbonyl (C=O) groups is 1. The highest BCUT2D eigenvalue weighted by Crippen LogP contribution is 2.11. The molecule has 1 rings (SSSR count). The topological polar surface area (TPSA) is 66.3 Å². The molecule has 0 saturated heterocycles. The van der Waals surface area contributed by atoms with Crippen LogP contribution in [0.4, 0.5) is 5.95 Å². The zero-order valence-corrected chi connectivity index (χ0v) is 10.8. The summed E-state index contributed by atoms with van der Waals surface area (Å²) in [6.07, 6.45) is 2.42. The van der Waals surface area contributed by atoms with Crippen molar-refractivity contribution in [3.63, 3.8) is 0 Å². The molecule has 5 heteroatoms. The van der Waals surface area contributed by atoms with Gasteiger partial charge in [0.2, 0.25) is 5.95 Å². The van der Waals surface area contributed by atoms with Crippen LogP contribution in [-0.4, -0.2) is 34.6 Å². The Morgan fingerprint density at radius 3 is 2.65 bits per heavy atom. The van der Waals surface area contributed by atoms with Crippen molar-refractivity contribution in [2.75, 3.05) is 18.5 Å². The highest BCUT2D eigenvalue weighted by molar-refractivity contribution is 5.88. The molecular weight excluding hydrogens is 218 g/mol. The first-order valence-electron chi connectivity index (χ1n) is 5.70. The van der Waals surface area contributed by atoms with Crippen LogP contribution in [0, 0.1) is 12.8 Å². The lowest BCUT2D eigenvalue weighted by Gasteiger charge is -2.18. The van der Waals surface area contributed by atoms with E-state index in [-0.39, 0.29) is 5.56 Å². The fraction of sp³-hybridized carbons (Fsp3) is 0.583. The third-order valence-corrected chi connectivity index (χ3v) is 2.58. The Morgan fingerprint density at radius 2 is 2.18 bits per heavy atom. The molecule has 1 N–H and O–H groups in total. The van der Waals surface area contributed by atoms with Gasteiger partial charge in [-0.15, -0.1) is 0 Å². The standard InChI is InChI=1S/C12H19N3O2/c1-8(2)5-6-15(4)12-13-7-10(11(16)17)9(3)14-12/h7-8H,5-6H2,1-4H3,(H,16,17). The second-order valence-electron chi connectivity index (χ2n) is 4.58. The normalized spacial score (nSPS) is 10.6. The van der Waals surface area contributed by atoms with Crippen LogP contribution in [0.2, 0.25) is 0 Å². The molecule has 0 radical (unpaired) electrons. The molecular formula is C12H19N3O2. The smallest absolute Gasteiger partial charge is 0.339 e. The average Bonchev–Trinajstić information content (AvgIpc) is 2.25. The largest absolute Gasteiger partial charge is 0.478 e. The van der Waals surface area contributed by atoms with E-state index in [0.717, 1.165) is 13.0 Å². The molecule has 0 aliphatic rings. The minimum Gasteiger partial charge on any atom is -0.478 e. The number of rotatable bonds is 5. The first kappa shape index (κ1) is 13.4. The zero-order chi connectivity index (χ0) is 13.0. The second kappa shape index (κ2) is 5.61. The van der Waals surface area contributed by atoms with Crippen LogP contribution in [0.25, 0.3) is 0 Å². The summed E-state index contributed by atoms with van der Waals surface area (Å²) in [5.74, 6) is 0.212. The molecule has 0 aromatic carbocycles. The van der Waals surface area contributed by atoms with E-state index in [1.165, 1.54) is 6.20 Å². The number of hydrogen-bond acceptors (Lipinski definition) is 4. The molecule has 0 bridgehead atoms. The van der Waals surface area contributed by atoms with E-state index in [9.17, 15) is 4.79 Å². The van der Waals surface area contributed by atoms with Crippen LogP contribution >= 0.6 is 0 Å². The van der Waals surface area contributed by atoms with Gasteiger partial charge in [0.1, 0.15) is 0 Å². The Labute approximate surface area is 102 Å². The van der Waals surface area contributed by atoms with Gasteiger partial charge >= 0.3 is 5.97 Å². The van der Waals surface area contributed by atoms with Crippen molar-refractivity contribution in [1.82, 2.24) is 9.97 Å². The van der Waals surface area contributed by atoms with Crippen LogP contribution in [0.5, 0.6) is 0 Å². The van der Waals surface area contributed by atoms with Gasteiger partial charge in [-0.05, 0) is 19.3 Å². The van der Waals surface area contributed by atoms with Gasteiger partial charge in [-0.1, -0.05) is 13.8 Å². The highest BCUT2D eigenvalue weighted by Gasteiger charge is 2.12. The molecule has 0 saturated carbocycles. The van der Waals surface area contributed by atoms with E-state index < -0.39 is 5.97 Å². The van der Waals surface area contributed by atoms with E-state index in [1.807, 2.05) is 11.9 Å². The van der Waals surface area contributed by atoms with Crippen molar-refractivity contribution in [2.45, 2.75) is 27.2 Å². The number of carboxylic acids is 1. The summed E-state index contributed by atoms with van der Waals surface area (Å²) >= 11 is 0. The predicted octanol–water partition coefficient (Wildman–Crippen LogP) is 1.97. The van der Waals surface area contributed by atoms with Crippen LogP contribution in [0.3, 0.4) is 0 Å². The van der Waals surface area contributed by atoms with Crippen molar-refractivity contribution in [1.29, 1.82) is 0 Å². The Kier molecular flexibility index (Phi) is 4.43. The number of nitrogens with zero attached hydrogens (tertiary/aromatic N) is 3. The van der Waals surface area contributed by atoms with Crippen molar-refractivity contribution >= 4 is 11.9 Å². The molecule has 1 aromatic rings. The lowest BCUT2D eigenvalue weighted by atomic mass is 10.1. The van der Waals surface area contributed by atoms with Crippen molar-refractivity contribution < 1.29 is 9.90 Å². The molecule has 0 atom stereocenters. The first-order chi connectivity index (χ1) is 7.91. The maximum absolute atomic E-state index is 10.8. The lowest BCUT2D eigenvalue weighted by molar-refractivity contribution is 0.0695. The van der Waals surface area contributed by atoms with E-state index in [4.69, 9.17) is 5.11 Å². The monoisotopic (exact) mass is 237 g/mol. The number of aromatic carboxylic acids is 1. The molecule has 0 unspecified atom stereocenters. The lowest BCUT2D eigenvalue weighted by Crippen LogP contribution is -2.23. The summed E-state index contributed by atoms with van der Waals surface area (Å²) in [4.78, 5) is 21.0. The van der Waals surface area contributed by atoms with Crippen LogP contribution in [-0.2, 0) is 0 Å². The summed E-state index contributed by atoms with van der Waals surface area (Å²) in [5, 5.41) is 8.88. The molecule has 0 spiro atoms. The Balaban J connectivity index is 2.79. The minimum absolute atomic E-state index is 0.158. The number of carboxylic acid groups (broad SMARTS) is 1. The van der Waals surface area contributed by atoms with E-state index >= 15 is 0 Å². The van der Waals surface area contributed by atoms with E-state index in [2.05, 4.69) is 23.8 Å². The molecule has 0 amide bonds. The maximum Gasteiger partial charge on any atom is 0.339 e. The van der Waals surface area contributed by atoms with Gasteiger partial charge in [0.25, 0.3) is 0 Å². The SMILES string of the molecule is Cc1nc(N(C)CCC(C)C)ncc1C(=O)O. The molecule has 5 nitrogen and oxygen atoms in total. The van der Waals surface area contributed by atoms with E-state index in [0.29, 0.717) is 17.6 Å². The quantitative estimate of drug-likeness (QED) is 0.848. The fourth-order valence-electron chi connectivity index (χ4n) is 1.40. The summed E-state index contributed by atoms with van der Waals surface area (Å²) in [6, 6.07) is 0. The van der Waals surface area contributed by atoms with Crippen LogP contribution in [0.1, 0.15) is 36.3 Å². The molecule has 17 heavy (non-hydrogen) atoms. The molecule has 1 aromatic heterocycles. The van der Waals surface area contributed by atoms with Gasteiger partial charge in [0.05, 0.1) is 11.3 Å². The average molecular weight is 237 g/mol. The summed E-state index contributed by atoms with van der Waals surface area (Å²) < 4.78 is 0. The van der Waals surface area contributed by atoms with Gasteiger partial charge in [0, 0.05) is 19.8 Å². The Morgan fingerprint density at radius 1 is 1.53 bits per heavy atom. The number of aryl methyl sites for hydroxylation is 1. The Bertz CT molecular complexity index is 405. The number of aromatic nitrogens is 2. The Hall–Kier alpha value is -1.65. The van der Waals surface area contributed by atoms with E-state index in [1.54, 1.807) is 6.92 Å². The van der Waals surface area contributed by atoms with Crippen LogP contribution < -0.4 is 4.90 Å². The highest BCUT2D eigenvalue weighted by atomic mass is 16.4. The fourth-order valence-corrected chi connectivity index (χ4v) is 1.40. The number of hydrogen-bond donors (Lipinski definition) is 1. The van der Waals surface area contributed by atoms with Gasteiger partial charge in [0.15, 0.2) is 0 Å². The number of anilines is 1. The molecule has 94 valence electrons. The van der Waals surface area contributed by atoms with Gasteiger partial charge in [-0.25, -0.2) is 14.8 Å². The maximum atomic E-state index is 10.8. The molecule has 0 aliphatic carbocycles. The first-order valence-corrected chi connectivity index (χ1v) is 5.70. The molecule has 1 heterocycles. The van der Waals surface area contributed by atoms with Crippen LogP contribution in [0.15, 0.2) is 6.20 Å². The van der Waals surface area contributed by atoms with Gasteiger partial charge in [-0.2, -0.15) is 0 Å². The van der Waals surface area contributed by atoms with Gasteiger partial charge < -0.3 is 10.0 Å². The van der Waals surface area contributed by atoms with Crippen molar-refractivity contribution in [3.8, 4) is 0 Å². The second-order valence-corrected chi connectivity index (χ2v) is 4.58. The summed E-state index contributed by atoms with van der Waals surface area (Å²) in [6.45, 7) is 6.87. The van der Waals surface area contributed by atoms with Crippen molar-refractivity contribution in [2.24, 2.45) is 5.92 Å². The van der Waals surface area contributed by atoms with Crippen molar-refractivity contribution in [3.05, 3.63) is 17.5 Å². The minimum atomic E-state index is -0.987. The summed E-state index contributed by atoms with van der Waals surface area (Å²) in [7, 11) is 1.91. The van der Waals surface area contributed by atoms with Gasteiger partial charge in [-0.3, -0.25) is 0 Å². The zero-order valence-electron chi connectivity index (χ0n) is 10.8. The molecule has 0 fully saturated rings. The third-order valence-electron chi connectivity index (χ3n) is 2.58.